The number of aromatic nitrogens is 4. The Labute approximate surface area is 65.5 Å². The smallest absolute Gasteiger partial charge is 0.161 e. The molecule has 0 aliphatic heterocycles. The van der Waals surface area contributed by atoms with Gasteiger partial charge in [0.25, 0.3) is 0 Å². The first-order valence-electron chi connectivity index (χ1n) is 2.74. The first-order valence-corrected chi connectivity index (χ1v) is 3.45. The third kappa shape index (κ3) is 0.706. The Hall–Kier alpha value is -0.970. The minimum absolute atomic E-state index is 0.766. The highest BCUT2D eigenvalue weighted by molar-refractivity contribution is 9.08. The van der Waals surface area contributed by atoms with E-state index in [1.807, 2.05) is 12.4 Å². The van der Waals surface area contributed by atoms with Gasteiger partial charge in [-0.15, -0.1) is 9.61 Å². The molecule has 0 unspecified atom stereocenters. The third-order valence-electron chi connectivity index (χ3n) is 1.18. The summed E-state index contributed by atoms with van der Waals surface area (Å²) in [5, 5.41) is 4.01. The fourth-order valence-electron chi connectivity index (χ4n) is 0.759. The van der Waals surface area contributed by atoms with Gasteiger partial charge in [-0.3, -0.25) is 0 Å². The van der Waals surface area contributed by atoms with Crippen LogP contribution in [0.15, 0.2) is 24.8 Å². The van der Waals surface area contributed by atoms with E-state index in [0.717, 1.165) is 5.78 Å². The average Bonchev–Trinajstić information content (AvgIpc) is 2.34. The number of hydrogen-bond acceptors (Lipinski definition) is 2. The van der Waals surface area contributed by atoms with Gasteiger partial charge in [0.1, 0.15) is 18.6 Å². The topological polar surface area (TPSA) is 34.8 Å². The summed E-state index contributed by atoms with van der Waals surface area (Å²) in [7, 11) is 0. The minimum atomic E-state index is 0.766. The summed E-state index contributed by atoms with van der Waals surface area (Å²) < 4.78 is 3.40. The lowest BCUT2D eigenvalue weighted by atomic mass is 10.9. The predicted molar refractivity (Wildman–Crippen MR) is 37.5 cm³/mol. The van der Waals surface area contributed by atoms with Gasteiger partial charge in [0.05, 0.1) is 6.20 Å². The van der Waals surface area contributed by atoms with Gasteiger partial charge >= 0.3 is 5.78 Å². The molecule has 0 bridgehead atoms. The normalized spacial score (nSPS) is 10.5. The van der Waals surface area contributed by atoms with Gasteiger partial charge < -0.3 is 0 Å². The lowest BCUT2D eigenvalue weighted by molar-refractivity contribution is -0.581. The Balaban J connectivity index is 2.93. The average molecular weight is 200 g/mol. The van der Waals surface area contributed by atoms with Crippen molar-refractivity contribution in [3.05, 3.63) is 24.8 Å². The second kappa shape index (κ2) is 2.02. The first-order chi connectivity index (χ1) is 4.88. The summed E-state index contributed by atoms with van der Waals surface area (Å²) in [5.74, 6) is 0.766. The Morgan fingerprint density at radius 3 is 3.20 bits per heavy atom. The van der Waals surface area contributed by atoms with Crippen molar-refractivity contribution >= 4 is 21.9 Å². The first kappa shape index (κ1) is 5.79. The molecule has 0 aliphatic rings. The molecule has 0 aliphatic carbocycles. The Morgan fingerprint density at radius 1 is 1.50 bits per heavy atom. The molecule has 2 aromatic heterocycles. The van der Waals surface area contributed by atoms with Gasteiger partial charge in [0.2, 0.25) is 0 Å². The molecule has 50 valence electrons. The zero-order valence-corrected chi connectivity index (χ0v) is 6.56. The Bertz CT molecular complexity index is 355. The van der Waals surface area contributed by atoms with Crippen LogP contribution in [0.5, 0.6) is 0 Å². The van der Waals surface area contributed by atoms with Gasteiger partial charge in [0, 0.05) is 0 Å². The number of imidazole rings is 1. The van der Waals surface area contributed by atoms with E-state index in [2.05, 4.69) is 26.2 Å². The number of nitrogens with zero attached hydrogens (tertiary/aromatic N) is 4. The molecule has 0 spiro atoms. The van der Waals surface area contributed by atoms with Crippen LogP contribution in [0.25, 0.3) is 5.78 Å². The fraction of sp³-hybridized carbons (Fsp3) is 0. The van der Waals surface area contributed by atoms with Gasteiger partial charge in [-0.2, -0.15) is 3.59 Å². The minimum Gasteiger partial charge on any atom is -0.161 e. The number of halogens is 1. The molecule has 0 saturated heterocycles. The zero-order valence-electron chi connectivity index (χ0n) is 4.98. The van der Waals surface area contributed by atoms with E-state index in [-0.39, 0.29) is 0 Å². The van der Waals surface area contributed by atoms with Crippen LogP contribution in [0.1, 0.15) is 0 Å². The molecule has 4 nitrogen and oxygen atoms in total. The molecular weight excluding hydrogens is 196 g/mol. The highest BCUT2D eigenvalue weighted by Gasteiger charge is 2.06. The monoisotopic (exact) mass is 199 g/mol. The standard InChI is InChI=1S/C5H4BrN4/c6-9-3-4-10-5(9)7-1-2-8-10/h1-4H/q+1. The highest BCUT2D eigenvalue weighted by atomic mass is 79.9. The molecule has 0 saturated carbocycles. The van der Waals surface area contributed by atoms with E-state index < -0.39 is 0 Å². The van der Waals surface area contributed by atoms with E-state index in [9.17, 15) is 0 Å². The summed E-state index contributed by atoms with van der Waals surface area (Å²) in [6.45, 7) is 0. The molecule has 5 heteroatoms. The summed E-state index contributed by atoms with van der Waals surface area (Å²) >= 11 is 3.26. The van der Waals surface area contributed by atoms with Crippen molar-refractivity contribution in [2.75, 3.05) is 0 Å². The van der Waals surface area contributed by atoms with E-state index in [1.54, 1.807) is 20.5 Å². The molecule has 10 heavy (non-hydrogen) atoms. The van der Waals surface area contributed by atoms with Crippen molar-refractivity contribution in [1.82, 2.24) is 13.7 Å². The summed E-state index contributed by atoms with van der Waals surface area (Å²) in [6, 6.07) is 0. The Kier molecular flexibility index (Phi) is 1.17. The number of fused-ring (bicyclic) bond motifs is 1. The van der Waals surface area contributed by atoms with Crippen molar-refractivity contribution in [1.29, 1.82) is 0 Å². The lowest BCUT2D eigenvalue weighted by Crippen LogP contribution is -2.24. The Morgan fingerprint density at radius 2 is 2.40 bits per heavy atom. The molecule has 0 amide bonds. The van der Waals surface area contributed by atoms with Crippen LogP contribution in [0, 0.1) is 0 Å². The summed E-state index contributed by atoms with van der Waals surface area (Å²) in [5.41, 5.74) is 0. The van der Waals surface area contributed by atoms with E-state index in [4.69, 9.17) is 0 Å². The van der Waals surface area contributed by atoms with Gasteiger partial charge in [-0.1, -0.05) is 4.98 Å². The van der Waals surface area contributed by atoms with Crippen LogP contribution in [0.4, 0.5) is 0 Å². The van der Waals surface area contributed by atoms with Crippen LogP contribution in [0.3, 0.4) is 0 Å². The van der Waals surface area contributed by atoms with Crippen molar-refractivity contribution in [2.45, 2.75) is 0 Å². The van der Waals surface area contributed by atoms with Crippen LogP contribution in [-0.4, -0.2) is 13.7 Å². The number of rotatable bonds is 0. The predicted octanol–water partition coefficient (Wildman–Crippen LogP) is 0.175. The maximum Gasteiger partial charge on any atom is 0.433 e. The third-order valence-corrected chi connectivity index (χ3v) is 1.74. The lowest BCUT2D eigenvalue weighted by Gasteiger charge is -1.78. The molecule has 0 radical (unpaired) electrons. The second-order valence-corrected chi connectivity index (χ2v) is 2.56. The molecule has 0 fully saturated rings. The highest BCUT2D eigenvalue weighted by Crippen LogP contribution is 1.95. The molecular formula is C5H4BrN4+. The van der Waals surface area contributed by atoms with Crippen LogP contribution < -0.4 is 4.52 Å². The van der Waals surface area contributed by atoms with Crippen molar-refractivity contribution in [3.63, 3.8) is 0 Å². The van der Waals surface area contributed by atoms with Gasteiger partial charge in [-0.05, 0) is 0 Å². The summed E-state index contributed by atoms with van der Waals surface area (Å²) in [6.07, 6.45) is 6.93. The fourth-order valence-corrected chi connectivity index (χ4v) is 1.12. The van der Waals surface area contributed by atoms with Gasteiger partial charge in [0.15, 0.2) is 16.1 Å². The van der Waals surface area contributed by atoms with Crippen molar-refractivity contribution in [3.8, 4) is 0 Å². The van der Waals surface area contributed by atoms with Gasteiger partial charge in [-0.25, -0.2) is 0 Å². The van der Waals surface area contributed by atoms with Crippen LogP contribution >= 0.6 is 16.1 Å². The zero-order chi connectivity index (χ0) is 6.97. The SMILES string of the molecule is Brn1cc[n+]2nccnc12. The van der Waals surface area contributed by atoms with Crippen LogP contribution in [0.2, 0.25) is 0 Å². The van der Waals surface area contributed by atoms with E-state index >= 15 is 0 Å². The van der Waals surface area contributed by atoms with Crippen molar-refractivity contribution < 1.29 is 4.52 Å². The second-order valence-electron chi connectivity index (χ2n) is 1.80. The van der Waals surface area contributed by atoms with E-state index in [0.29, 0.717) is 0 Å². The maximum absolute atomic E-state index is 4.06. The molecule has 2 rings (SSSR count). The van der Waals surface area contributed by atoms with Crippen molar-refractivity contribution in [2.24, 2.45) is 0 Å². The van der Waals surface area contributed by atoms with Crippen LogP contribution in [-0.2, 0) is 0 Å². The maximum atomic E-state index is 4.06. The molecule has 2 aromatic rings. The largest absolute Gasteiger partial charge is 0.433 e. The number of hydrogen-bond donors (Lipinski definition) is 0. The summed E-state index contributed by atoms with van der Waals surface area (Å²) in [4.78, 5) is 4.06. The molecule has 0 aromatic carbocycles. The van der Waals surface area contributed by atoms with E-state index in [1.165, 1.54) is 0 Å². The quantitative estimate of drug-likeness (QED) is 0.568. The molecule has 2 heterocycles. The molecule has 0 N–H and O–H groups in total. The molecule has 0 atom stereocenters.